The smallest absolute Gasteiger partial charge is 0.342 e. The molecule has 9 heteroatoms. The Labute approximate surface area is 203 Å². The zero-order valence-electron chi connectivity index (χ0n) is 19.8. The lowest BCUT2D eigenvalue weighted by molar-refractivity contribution is -0.148. The lowest BCUT2D eigenvalue weighted by Crippen LogP contribution is -2.66. The fraction of sp³-hybridized carbons (Fsp3) is 0.346. The first-order valence-corrected chi connectivity index (χ1v) is 11.5. The lowest BCUT2D eigenvalue weighted by Gasteiger charge is -2.44. The molecule has 0 bridgehead atoms. The van der Waals surface area contributed by atoms with Gasteiger partial charge in [-0.05, 0) is 51.0 Å². The molecule has 0 aliphatic carbocycles. The van der Waals surface area contributed by atoms with E-state index in [1.54, 1.807) is 74.5 Å². The molecule has 2 aromatic rings. The van der Waals surface area contributed by atoms with Gasteiger partial charge in [0.2, 0.25) is 0 Å². The summed E-state index contributed by atoms with van der Waals surface area (Å²) in [5.41, 5.74) is -1.32. The third-order valence-corrected chi connectivity index (χ3v) is 5.76. The van der Waals surface area contributed by atoms with Crippen LogP contribution in [0.25, 0.3) is 0 Å². The monoisotopic (exact) mass is 480 g/mol. The van der Waals surface area contributed by atoms with Gasteiger partial charge in [-0.15, -0.1) is 0 Å². The van der Waals surface area contributed by atoms with Crippen LogP contribution < -0.4 is 9.80 Å². The van der Waals surface area contributed by atoms with E-state index in [0.29, 0.717) is 0 Å². The van der Waals surface area contributed by atoms with Gasteiger partial charge < -0.3 is 9.47 Å². The van der Waals surface area contributed by atoms with E-state index in [-0.39, 0.29) is 50.3 Å². The van der Waals surface area contributed by atoms with Gasteiger partial charge in [0.15, 0.2) is 0 Å². The summed E-state index contributed by atoms with van der Waals surface area (Å²) >= 11 is 0. The normalized spacial score (nSPS) is 15.2. The van der Waals surface area contributed by atoms with Crippen molar-refractivity contribution < 1.29 is 33.4 Å². The SMILES string of the molecule is CCOC(=O)CCC1(CCC(=O)OCC)C(=O)N(c2ccccc2)C(=O)N(c2ccccc2)C1=O. The molecule has 0 aromatic heterocycles. The highest BCUT2D eigenvalue weighted by atomic mass is 16.5. The van der Waals surface area contributed by atoms with E-state index in [4.69, 9.17) is 9.47 Å². The number of hydrogen-bond donors (Lipinski definition) is 0. The number of amides is 4. The molecule has 9 nitrogen and oxygen atoms in total. The van der Waals surface area contributed by atoms with Gasteiger partial charge in [-0.3, -0.25) is 19.2 Å². The number of nitrogens with zero attached hydrogens (tertiary/aromatic N) is 2. The van der Waals surface area contributed by atoms with Crippen molar-refractivity contribution in [3.8, 4) is 0 Å². The Balaban J connectivity index is 2.13. The van der Waals surface area contributed by atoms with Crippen LogP contribution in [0.2, 0.25) is 0 Å². The lowest BCUT2D eigenvalue weighted by atomic mass is 9.74. The van der Waals surface area contributed by atoms with Crippen molar-refractivity contribution >= 4 is 41.2 Å². The number of ether oxygens (including phenoxy) is 2. The molecule has 0 spiro atoms. The summed E-state index contributed by atoms with van der Waals surface area (Å²) < 4.78 is 10.0. The first kappa shape index (κ1) is 25.6. The van der Waals surface area contributed by atoms with E-state index < -0.39 is 35.2 Å². The van der Waals surface area contributed by atoms with E-state index in [2.05, 4.69) is 0 Å². The summed E-state index contributed by atoms with van der Waals surface area (Å²) in [6.07, 6.45) is -0.951. The van der Waals surface area contributed by atoms with Gasteiger partial charge in [0.25, 0.3) is 11.8 Å². The molecule has 2 aromatic carbocycles. The van der Waals surface area contributed by atoms with Crippen molar-refractivity contribution in [2.75, 3.05) is 23.0 Å². The number of urea groups is 1. The number of barbiturate groups is 1. The van der Waals surface area contributed by atoms with Crippen LogP contribution in [0.1, 0.15) is 39.5 Å². The van der Waals surface area contributed by atoms with Crippen molar-refractivity contribution in [2.24, 2.45) is 5.41 Å². The van der Waals surface area contributed by atoms with Gasteiger partial charge in [-0.2, -0.15) is 0 Å². The Morgan fingerprint density at radius 2 is 1.06 bits per heavy atom. The molecule has 0 unspecified atom stereocenters. The van der Waals surface area contributed by atoms with Crippen molar-refractivity contribution in [1.82, 2.24) is 0 Å². The number of carbonyl (C=O) groups is 5. The summed E-state index contributed by atoms with van der Waals surface area (Å²) in [7, 11) is 0. The summed E-state index contributed by atoms with van der Waals surface area (Å²) in [5, 5.41) is 0. The van der Waals surface area contributed by atoms with Gasteiger partial charge in [-0.1, -0.05) is 36.4 Å². The van der Waals surface area contributed by atoms with Crippen LogP contribution in [0.5, 0.6) is 0 Å². The first-order valence-electron chi connectivity index (χ1n) is 11.5. The van der Waals surface area contributed by atoms with Gasteiger partial charge >= 0.3 is 18.0 Å². The van der Waals surface area contributed by atoms with Crippen LogP contribution in [-0.2, 0) is 28.7 Å². The molecule has 0 radical (unpaired) electrons. The molecule has 3 rings (SSSR count). The summed E-state index contributed by atoms with van der Waals surface area (Å²) in [6.45, 7) is 3.58. The largest absolute Gasteiger partial charge is 0.466 e. The Hall–Kier alpha value is -4.01. The number of esters is 2. The predicted octanol–water partition coefficient (Wildman–Crippen LogP) is 3.86. The second kappa shape index (κ2) is 11.4. The third-order valence-electron chi connectivity index (χ3n) is 5.76. The Bertz CT molecular complexity index is 1000. The van der Waals surface area contributed by atoms with Crippen LogP contribution in [0.4, 0.5) is 16.2 Å². The standard InChI is InChI=1S/C26H28N2O7/c1-3-34-21(29)15-17-26(18-16-22(30)35-4-2)23(31)27(19-11-7-5-8-12-19)25(33)28(24(26)32)20-13-9-6-10-14-20/h5-14H,3-4,15-18H2,1-2H3. The van der Waals surface area contributed by atoms with Crippen LogP contribution in [0.3, 0.4) is 0 Å². The molecular formula is C26H28N2O7. The Morgan fingerprint density at radius 1 is 0.686 bits per heavy atom. The topological polar surface area (TPSA) is 110 Å². The number of carbonyl (C=O) groups excluding carboxylic acids is 5. The highest BCUT2D eigenvalue weighted by Gasteiger charge is 2.58. The van der Waals surface area contributed by atoms with Crippen LogP contribution in [0.15, 0.2) is 60.7 Å². The highest BCUT2D eigenvalue weighted by Crippen LogP contribution is 2.42. The number of imide groups is 2. The summed E-state index contributed by atoms with van der Waals surface area (Å²) in [6, 6.07) is 15.6. The molecular weight excluding hydrogens is 452 g/mol. The fourth-order valence-corrected chi connectivity index (χ4v) is 4.05. The van der Waals surface area contributed by atoms with Gasteiger partial charge in [-0.25, -0.2) is 14.6 Å². The Kier molecular flexibility index (Phi) is 8.35. The predicted molar refractivity (Wildman–Crippen MR) is 127 cm³/mol. The van der Waals surface area contributed by atoms with Crippen molar-refractivity contribution in [3.05, 3.63) is 60.7 Å². The van der Waals surface area contributed by atoms with E-state index >= 15 is 0 Å². The maximum Gasteiger partial charge on any atom is 0.342 e. The molecule has 1 heterocycles. The molecule has 0 N–H and O–H groups in total. The zero-order valence-corrected chi connectivity index (χ0v) is 19.8. The number of para-hydroxylation sites is 2. The maximum atomic E-state index is 13.9. The molecule has 1 saturated heterocycles. The summed E-state index contributed by atoms with van der Waals surface area (Å²) in [5.74, 6) is -2.75. The highest BCUT2D eigenvalue weighted by molar-refractivity contribution is 6.38. The fourth-order valence-electron chi connectivity index (χ4n) is 4.05. The van der Waals surface area contributed by atoms with Crippen LogP contribution in [0, 0.1) is 5.41 Å². The Morgan fingerprint density at radius 3 is 1.40 bits per heavy atom. The quantitative estimate of drug-likeness (QED) is 0.375. The average molecular weight is 481 g/mol. The molecule has 0 atom stereocenters. The van der Waals surface area contributed by atoms with Gasteiger partial charge in [0.05, 0.1) is 24.6 Å². The molecule has 4 amide bonds. The number of rotatable bonds is 10. The minimum Gasteiger partial charge on any atom is -0.466 e. The number of anilines is 2. The minimum absolute atomic E-state index is 0.140. The van der Waals surface area contributed by atoms with Crippen LogP contribution >= 0.6 is 0 Å². The van der Waals surface area contributed by atoms with Crippen molar-refractivity contribution in [1.29, 1.82) is 0 Å². The average Bonchev–Trinajstić information content (AvgIpc) is 2.85. The van der Waals surface area contributed by atoms with Gasteiger partial charge in [0, 0.05) is 12.8 Å². The molecule has 0 saturated carbocycles. The molecule has 35 heavy (non-hydrogen) atoms. The third kappa shape index (κ3) is 5.40. The molecule has 184 valence electrons. The molecule has 1 fully saturated rings. The molecule has 1 aliphatic rings. The maximum absolute atomic E-state index is 13.9. The van der Waals surface area contributed by atoms with E-state index in [9.17, 15) is 24.0 Å². The number of benzene rings is 2. The van der Waals surface area contributed by atoms with Crippen molar-refractivity contribution in [3.63, 3.8) is 0 Å². The second-order valence-corrected chi connectivity index (χ2v) is 7.93. The van der Waals surface area contributed by atoms with Crippen molar-refractivity contribution in [2.45, 2.75) is 39.5 Å². The summed E-state index contributed by atoms with van der Waals surface area (Å²) in [4.78, 5) is 67.7. The van der Waals surface area contributed by atoms with E-state index in [1.807, 2.05) is 0 Å². The minimum atomic E-state index is -1.86. The zero-order chi connectivity index (χ0) is 25.4. The number of hydrogen-bond acceptors (Lipinski definition) is 7. The van der Waals surface area contributed by atoms with E-state index in [1.165, 1.54) is 0 Å². The molecule has 1 aliphatic heterocycles. The van der Waals surface area contributed by atoms with Gasteiger partial charge in [0.1, 0.15) is 5.41 Å². The van der Waals surface area contributed by atoms with E-state index in [0.717, 1.165) is 9.80 Å². The van der Waals surface area contributed by atoms with Crippen LogP contribution in [-0.4, -0.2) is 43.0 Å². The first-order chi connectivity index (χ1) is 16.9. The second-order valence-electron chi connectivity index (χ2n) is 7.93.